The second-order valence-corrected chi connectivity index (χ2v) is 30.0. The molecule has 4 amide bonds. The third-order valence-electron chi connectivity index (χ3n) is 22.5. The first-order valence-electron chi connectivity index (χ1n) is 33.0. The Morgan fingerprint density at radius 3 is 1.40 bits per heavy atom. The molecule has 24 heteroatoms. The molecule has 93 heavy (non-hydrogen) atoms. The number of nitrogens with zero attached hydrogens (tertiary/aromatic N) is 6. The van der Waals surface area contributed by atoms with Crippen LogP contribution in [0.4, 0.5) is 20.4 Å². The topological polar surface area (TPSA) is 249 Å². The van der Waals surface area contributed by atoms with Crippen LogP contribution in [-0.2, 0) is 49.1 Å². The van der Waals surface area contributed by atoms with Crippen LogP contribution in [0.15, 0.2) is 48.8 Å². The average Bonchev–Trinajstić information content (AvgIpc) is 1.52. The highest BCUT2D eigenvalue weighted by Crippen LogP contribution is 2.74. The van der Waals surface area contributed by atoms with Crippen molar-refractivity contribution in [2.45, 2.75) is 193 Å². The molecule has 2 saturated heterocycles. The van der Waals surface area contributed by atoms with Crippen molar-refractivity contribution in [2.24, 2.45) is 45.1 Å². The molecule has 5 N–H and O–H groups in total. The second kappa shape index (κ2) is 27.6. The van der Waals surface area contributed by atoms with Gasteiger partial charge >= 0.3 is 5.97 Å². The summed E-state index contributed by atoms with van der Waals surface area (Å²) >= 11 is 24.7. The molecular weight excluding hydrogens is 1280 g/mol. The number of anilines is 2. The van der Waals surface area contributed by atoms with E-state index < -0.39 is 69.0 Å². The van der Waals surface area contributed by atoms with Crippen LogP contribution < -0.4 is 16.4 Å². The lowest BCUT2D eigenvalue weighted by atomic mass is 9.51. The molecule has 10 atom stereocenters. The Bertz CT molecular complexity index is 3500. The number of hydrogen-bond donors (Lipinski definition) is 4. The van der Waals surface area contributed by atoms with Crippen molar-refractivity contribution in [1.29, 1.82) is 0 Å². The molecule has 12 rings (SSSR count). The van der Waals surface area contributed by atoms with Crippen molar-refractivity contribution < 1.29 is 52.1 Å². The number of nitrogens with two attached hydrogens (primary N) is 1. The number of ketones is 1. The zero-order chi connectivity index (χ0) is 67.3. The lowest BCUT2D eigenvalue weighted by Gasteiger charge is -2.50. The number of amides is 4. The van der Waals surface area contributed by atoms with Crippen LogP contribution in [0.3, 0.4) is 0 Å². The van der Waals surface area contributed by atoms with Crippen LogP contribution in [0, 0.1) is 51.0 Å². The number of rotatable bonds is 12. The number of carboxylic acid groups (broad SMARTS) is 1. The Hall–Kier alpha value is -5.48. The Balaban J connectivity index is 0.000000174. The fourth-order valence-corrected chi connectivity index (χ4v) is 18.1. The molecule has 4 aliphatic carbocycles. The van der Waals surface area contributed by atoms with Gasteiger partial charge in [0.2, 0.25) is 11.8 Å². The van der Waals surface area contributed by atoms with Crippen LogP contribution in [0.5, 0.6) is 0 Å². The van der Waals surface area contributed by atoms with Crippen LogP contribution in [0.25, 0.3) is 0 Å². The van der Waals surface area contributed by atoms with E-state index in [2.05, 4.69) is 58.3 Å². The molecule has 0 aromatic carbocycles. The molecule has 8 aliphatic rings. The lowest BCUT2D eigenvalue weighted by Crippen LogP contribution is -2.52. The Morgan fingerprint density at radius 2 is 1.01 bits per heavy atom. The maximum Gasteiger partial charge on any atom is 0.307 e. The van der Waals surface area contributed by atoms with Gasteiger partial charge in [0.25, 0.3) is 11.8 Å². The van der Waals surface area contributed by atoms with Crippen molar-refractivity contribution in [2.75, 3.05) is 50.0 Å². The van der Waals surface area contributed by atoms with Crippen molar-refractivity contribution >= 4 is 93.4 Å². The van der Waals surface area contributed by atoms with E-state index in [1.54, 1.807) is 29.2 Å². The minimum Gasteiger partial charge on any atom is -0.481 e. The Kier molecular flexibility index (Phi) is 20.8. The molecule has 8 heterocycles. The first kappa shape index (κ1) is 70.3. The number of likely N-dealkylation sites (N-methyl/N-ethyl adjacent to an activating group) is 2. The minimum absolute atomic E-state index is 0.0144. The first-order chi connectivity index (χ1) is 44.1. The minimum atomic E-state index is -1.31. The van der Waals surface area contributed by atoms with E-state index in [0.717, 1.165) is 51.6 Å². The van der Waals surface area contributed by atoms with Gasteiger partial charge in [0, 0.05) is 79.9 Å². The van der Waals surface area contributed by atoms with Crippen LogP contribution in [0.1, 0.15) is 186 Å². The summed E-state index contributed by atoms with van der Waals surface area (Å²) in [5.74, 6) is -5.94. The SMILES string of the molecule is CC1(C)CCC2(CC1)C[C@@H](C(=O)O)[C@H](c1ccnc(Cl)c1F)[C@]21C(=O)Nc2nc(Cl)ccc21.CCN(CC)C(=O)[C@@H]1CC[C@@H](CC(=O)[C@@H]2CC3(CCC(C)(C)CC3)[C@@]3(C(=O)Nc4nc(Cl)ccc43)[C@H]2c2ccnc(Cl)c2F)CO1.CCN(CC)C(=O)[C@@H]1CC[C@@H](N)CO1. The summed E-state index contributed by atoms with van der Waals surface area (Å²) in [4.78, 5) is 101. The summed E-state index contributed by atoms with van der Waals surface area (Å²) < 4.78 is 43.0. The zero-order valence-electron chi connectivity index (χ0n) is 54.3. The second-order valence-electron chi connectivity index (χ2n) is 28.5. The lowest BCUT2D eigenvalue weighted by molar-refractivity contribution is -0.149. The molecule has 0 radical (unpaired) electrons. The van der Waals surface area contributed by atoms with Crippen molar-refractivity contribution in [1.82, 2.24) is 29.7 Å². The molecular formula is C69H87Cl4F2N9O9. The number of aliphatic carboxylic acids is 1. The number of nitrogens with one attached hydrogen (secondary N) is 2. The van der Waals surface area contributed by atoms with Gasteiger partial charge < -0.3 is 40.7 Å². The molecule has 4 aromatic rings. The van der Waals surface area contributed by atoms with Crippen molar-refractivity contribution in [3.63, 3.8) is 0 Å². The number of carbonyl (C=O) groups is 6. The number of carboxylic acids is 1. The number of carbonyl (C=O) groups excluding carboxylic acids is 5. The van der Waals surface area contributed by atoms with E-state index in [9.17, 15) is 33.9 Å². The number of aromatic nitrogens is 4. The van der Waals surface area contributed by atoms with E-state index >= 15 is 8.78 Å². The van der Waals surface area contributed by atoms with E-state index in [1.807, 2.05) is 38.7 Å². The fourth-order valence-electron chi connectivity index (χ4n) is 17.5. The normalized spacial score (nSPS) is 29.1. The molecule has 0 bridgehead atoms. The number of halogens is 6. The van der Waals surface area contributed by atoms with Crippen LogP contribution in [-0.4, -0.2) is 128 Å². The number of fused-ring (bicyclic) bond motifs is 6. The molecule has 4 spiro atoms. The molecule has 18 nitrogen and oxygen atoms in total. The van der Waals surface area contributed by atoms with E-state index in [1.165, 1.54) is 18.5 Å². The molecule has 504 valence electrons. The summed E-state index contributed by atoms with van der Waals surface area (Å²) in [5, 5.41) is 16.0. The number of hydrogen-bond acceptors (Lipinski definition) is 13. The quantitative estimate of drug-likeness (QED) is 0.0964. The average molecular weight is 1370 g/mol. The highest BCUT2D eigenvalue weighted by Gasteiger charge is 2.75. The number of ether oxygens (including phenoxy) is 2. The van der Waals surface area contributed by atoms with Crippen molar-refractivity contribution in [3.8, 4) is 0 Å². The van der Waals surface area contributed by atoms with Gasteiger partial charge in [-0.3, -0.25) is 28.8 Å². The molecule has 4 saturated carbocycles. The summed E-state index contributed by atoms with van der Waals surface area (Å²) in [6, 6.07) is 9.96. The number of Topliss-reactive ketones (excluding diaryl/α,β-unsaturated/α-hetero) is 1. The predicted octanol–water partition coefficient (Wildman–Crippen LogP) is 13.1. The van der Waals surface area contributed by atoms with E-state index in [-0.39, 0.29) is 103 Å². The smallest absolute Gasteiger partial charge is 0.307 e. The molecule has 6 fully saturated rings. The first-order valence-corrected chi connectivity index (χ1v) is 34.5. The standard InChI is InChI=1S/C35H43Cl2FN4O4.C24H24Cl2FN3O3.C10H20N2O2/c1-5-42(6-2)31(44)25-9-7-20(19-46-25)17-24(43)22-18-34(14-12-33(3,4)13-15-34)35(27(22)21-11-16-39-29(37)28(21)38)23-8-10-26(36)40-30(23)41-32(35)45;1-22(2)6-8-23(9-7-22)11-13(20(31)32)16(12-5-10-28-18(26)17(12)27)24(23)14-3-4-15(25)29-19(14)30-21(24)33;1-3-12(4-2)10(13)9-6-5-8(11)7-14-9/h8,10-11,16,20,22,25,27H,5-7,9,12-15,17-19H2,1-4H3,(H,40,41,45);3-5,10,13,16H,6-9,11H2,1-2H3,(H,31,32)(H,29,30,33);8-9H,3-7,11H2,1-2H3/t20-,22-,25-,27-,35+;13-,16+,24-;8-,9+/m011/s1. The molecule has 0 unspecified atom stereocenters. The molecule has 4 aromatic heterocycles. The molecule has 4 aliphatic heterocycles. The van der Waals surface area contributed by atoms with E-state index in [0.29, 0.717) is 94.0 Å². The van der Waals surface area contributed by atoms with Gasteiger partial charge in [-0.2, -0.15) is 0 Å². The zero-order valence-corrected chi connectivity index (χ0v) is 57.4. The van der Waals surface area contributed by atoms with Crippen LogP contribution in [0.2, 0.25) is 20.6 Å². The highest BCUT2D eigenvalue weighted by molar-refractivity contribution is 6.30. The van der Waals surface area contributed by atoms with Gasteiger partial charge in [0.05, 0.1) is 30.0 Å². The monoisotopic (exact) mass is 1360 g/mol. The van der Waals surface area contributed by atoms with E-state index in [4.69, 9.17) is 61.6 Å². The third kappa shape index (κ3) is 12.7. The van der Waals surface area contributed by atoms with Gasteiger partial charge in [-0.1, -0.05) is 86.2 Å². The number of pyridine rings is 4. The summed E-state index contributed by atoms with van der Waals surface area (Å²) in [7, 11) is 0. The van der Waals surface area contributed by atoms with Gasteiger partial charge in [-0.05, 0) is 181 Å². The van der Waals surface area contributed by atoms with Gasteiger partial charge in [0.15, 0.2) is 21.9 Å². The predicted molar refractivity (Wildman–Crippen MR) is 351 cm³/mol. The van der Waals surface area contributed by atoms with Crippen molar-refractivity contribution in [3.05, 3.63) is 103 Å². The fraction of sp³-hybridized carbons (Fsp3) is 0.623. The summed E-state index contributed by atoms with van der Waals surface area (Å²) in [5.41, 5.74) is 3.53. The Labute approximate surface area is 563 Å². The van der Waals surface area contributed by atoms with Gasteiger partial charge in [-0.25, -0.2) is 28.7 Å². The highest BCUT2D eigenvalue weighted by atomic mass is 35.5. The maximum absolute atomic E-state index is 16.1. The summed E-state index contributed by atoms with van der Waals surface area (Å²) in [6.07, 6.45) is 11.9. The maximum atomic E-state index is 16.1. The van der Waals surface area contributed by atoms with Crippen LogP contribution >= 0.6 is 46.4 Å². The largest absolute Gasteiger partial charge is 0.481 e. The third-order valence-corrected chi connectivity index (χ3v) is 23.5. The Morgan fingerprint density at radius 1 is 0.602 bits per heavy atom. The van der Waals surface area contributed by atoms with Gasteiger partial charge in [0.1, 0.15) is 39.9 Å². The van der Waals surface area contributed by atoms with Gasteiger partial charge in [-0.15, -0.1) is 0 Å². The summed E-state index contributed by atoms with van der Waals surface area (Å²) in [6.45, 7) is 20.2.